The van der Waals surface area contributed by atoms with Crippen molar-refractivity contribution in [3.05, 3.63) is 88.5 Å². The summed E-state index contributed by atoms with van der Waals surface area (Å²) < 4.78 is 59.8. The van der Waals surface area contributed by atoms with Crippen molar-refractivity contribution in [2.24, 2.45) is 0 Å². The summed E-state index contributed by atoms with van der Waals surface area (Å²) in [6, 6.07) is 20.0. The summed E-state index contributed by atoms with van der Waals surface area (Å²) in [6.45, 7) is 10.7. The van der Waals surface area contributed by atoms with Gasteiger partial charge in [-0.2, -0.15) is 8.42 Å². The standard InChI is InChI=1S/C24H31NO5S.C18H27NO3/c1-4-12-25-15-19(16-29-31(26,27)20-10-8-17(2)9-11-20)30-24-14-21-18(13-22(24)25)6-5-7-23(21)28-3;1-4-8-19-11-14(12-20-2)22-18-10-15-13(9-16(18)19)6-5-7-17(15)21-3/h5-11,19,22,24H,4,12-16H2,1-3H3;5-7,14,16,18H,4,8-12H2,1-3H3/t19-,22-,24-;14-,16-,18-/m11/s1. The largest absolute Gasteiger partial charge is 0.496 e. The molecule has 290 valence electrons. The van der Waals surface area contributed by atoms with Crippen molar-refractivity contribution in [3.8, 4) is 11.5 Å². The van der Waals surface area contributed by atoms with Crippen molar-refractivity contribution in [3.63, 3.8) is 0 Å². The van der Waals surface area contributed by atoms with Crippen LogP contribution >= 0.6 is 0 Å². The third-order valence-electron chi connectivity index (χ3n) is 11.1. The highest BCUT2D eigenvalue weighted by molar-refractivity contribution is 7.86. The van der Waals surface area contributed by atoms with E-state index in [0.29, 0.717) is 19.2 Å². The average Bonchev–Trinajstić information content (AvgIpc) is 3.16. The Kier molecular flexibility index (Phi) is 13.5. The van der Waals surface area contributed by atoms with E-state index in [1.165, 1.54) is 28.7 Å². The molecule has 4 aliphatic rings. The molecule has 0 aromatic heterocycles. The first-order chi connectivity index (χ1) is 25.7. The minimum absolute atomic E-state index is 0.0123. The fraction of sp³-hybridized carbons (Fsp3) is 0.571. The van der Waals surface area contributed by atoms with Gasteiger partial charge < -0.3 is 23.7 Å². The molecule has 6 atom stereocenters. The van der Waals surface area contributed by atoms with E-state index < -0.39 is 10.1 Å². The average molecular weight is 751 g/mol. The molecule has 0 bridgehead atoms. The Balaban J connectivity index is 0.000000192. The number of hydrogen-bond acceptors (Lipinski definition) is 10. The molecule has 3 aromatic rings. The van der Waals surface area contributed by atoms with Crippen LogP contribution < -0.4 is 9.47 Å². The molecule has 0 N–H and O–H groups in total. The minimum atomic E-state index is -3.81. The number of ether oxygens (including phenoxy) is 5. The minimum Gasteiger partial charge on any atom is -0.496 e. The lowest BCUT2D eigenvalue weighted by Gasteiger charge is -2.47. The van der Waals surface area contributed by atoms with Gasteiger partial charge in [-0.05, 0) is 92.2 Å². The second-order valence-electron chi connectivity index (χ2n) is 14.7. The summed E-state index contributed by atoms with van der Waals surface area (Å²) in [5.41, 5.74) is 6.23. The van der Waals surface area contributed by atoms with Gasteiger partial charge in [-0.1, -0.05) is 55.8 Å². The summed E-state index contributed by atoms with van der Waals surface area (Å²) in [5, 5.41) is 0. The third-order valence-corrected chi connectivity index (χ3v) is 12.4. The van der Waals surface area contributed by atoms with Crippen LogP contribution in [-0.2, 0) is 54.2 Å². The van der Waals surface area contributed by atoms with Gasteiger partial charge in [-0.25, -0.2) is 0 Å². The first kappa shape index (κ1) is 39.7. The van der Waals surface area contributed by atoms with Crippen molar-refractivity contribution in [2.75, 3.05) is 60.7 Å². The highest BCUT2D eigenvalue weighted by Gasteiger charge is 2.42. The molecule has 53 heavy (non-hydrogen) atoms. The normalized spacial score (nSPS) is 25.5. The zero-order valence-corrected chi connectivity index (χ0v) is 33.1. The number of rotatable bonds is 12. The number of nitrogens with zero attached hydrogens (tertiary/aromatic N) is 2. The molecule has 0 saturated carbocycles. The van der Waals surface area contributed by atoms with E-state index in [4.69, 9.17) is 27.9 Å². The number of methoxy groups -OCH3 is 3. The summed E-state index contributed by atoms with van der Waals surface area (Å²) >= 11 is 0. The SMILES string of the molecule is CCCN1C[C@H](COC)O[C@@H]2Cc3c(cccc3OC)C[C@H]21.CCCN1C[C@H](COS(=O)(=O)c2ccc(C)cc2)O[C@@H]2Cc3c(cccc3OC)C[C@H]21. The highest BCUT2D eigenvalue weighted by atomic mass is 32.2. The van der Waals surface area contributed by atoms with E-state index in [0.717, 1.165) is 68.8 Å². The quantitative estimate of drug-likeness (QED) is 0.217. The van der Waals surface area contributed by atoms with Crippen LogP contribution in [0.3, 0.4) is 0 Å². The lowest BCUT2D eigenvalue weighted by atomic mass is 9.83. The molecule has 10 nitrogen and oxygen atoms in total. The second-order valence-corrected chi connectivity index (χ2v) is 16.4. The van der Waals surface area contributed by atoms with Crippen molar-refractivity contribution in [1.29, 1.82) is 0 Å². The molecule has 2 saturated heterocycles. The molecule has 0 amide bonds. The maximum atomic E-state index is 12.6. The smallest absolute Gasteiger partial charge is 0.297 e. The summed E-state index contributed by atoms with van der Waals surface area (Å²) in [4.78, 5) is 5.21. The molecule has 0 unspecified atom stereocenters. The zero-order chi connectivity index (χ0) is 37.5. The molecule has 2 heterocycles. The molecule has 0 radical (unpaired) electrons. The molecule has 11 heteroatoms. The van der Waals surface area contributed by atoms with Crippen LogP contribution in [0.1, 0.15) is 54.5 Å². The second kappa shape index (κ2) is 18.1. The van der Waals surface area contributed by atoms with Gasteiger partial charge in [0, 0.05) is 45.1 Å². The van der Waals surface area contributed by atoms with Crippen LogP contribution in [0.5, 0.6) is 11.5 Å². The number of fused-ring (bicyclic) bond motifs is 4. The fourth-order valence-corrected chi connectivity index (χ4v) is 9.55. The van der Waals surface area contributed by atoms with Gasteiger partial charge in [0.1, 0.15) is 11.5 Å². The lowest BCUT2D eigenvalue weighted by molar-refractivity contribution is -0.139. The summed E-state index contributed by atoms with van der Waals surface area (Å²) in [7, 11) is 1.38. The predicted molar refractivity (Wildman–Crippen MR) is 206 cm³/mol. The number of morpholine rings is 2. The Hall–Kier alpha value is -3.03. The van der Waals surface area contributed by atoms with Gasteiger partial charge >= 0.3 is 0 Å². The molecule has 2 aliphatic heterocycles. The predicted octanol–water partition coefficient (Wildman–Crippen LogP) is 5.64. The van der Waals surface area contributed by atoms with E-state index in [-0.39, 0.29) is 42.0 Å². The number of aryl methyl sites for hydroxylation is 1. The summed E-state index contributed by atoms with van der Waals surface area (Å²) in [6.07, 6.45) is 5.96. The van der Waals surface area contributed by atoms with Gasteiger partial charge in [0.25, 0.3) is 10.1 Å². The summed E-state index contributed by atoms with van der Waals surface area (Å²) in [5.74, 6) is 1.89. The van der Waals surface area contributed by atoms with Crippen LogP contribution in [0.2, 0.25) is 0 Å². The highest BCUT2D eigenvalue weighted by Crippen LogP contribution is 2.37. The monoisotopic (exact) mass is 750 g/mol. The van der Waals surface area contributed by atoms with E-state index in [2.05, 4.69) is 47.9 Å². The molecule has 2 aliphatic carbocycles. The van der Waals surface area contributed by atoms with E-state index in [9.17, 15) is 8.42 Å². The third kappa shape index (κ3) is 9.27. The van der Waals surface area contributed by atoms with Crippen LogP contribution in [-0.4, -0.2) is 115 Å². The van der Waals surface area contributed by atoms with Gasteiger partial charge in [0.05, 0.1) is 56.7 Å². The first-order valence-electron chi connectivity index (χ1n) is 19.2. The molecule has 3 aromatic carbocycles. The van der Waals surface area contributed by atoms with Gasteiger partial charge in [0.2, 0.25) is 0 Å². The Bertz CT molecular complexity index is 1750. The fourth-order valence-electron chi connectivity index (χ4n) is 8.62. The number of hydrogen-bond donors (Lipinski definition) is 0. The Labute approximate surface area is 316 Å². The van der Waals surface area contributed by atoms with Gasteiger partial charge in [-0.3, -0.25) is 14.0 Å². The maximum Gasteiger partial charge on any atom is 0.297 e. The van der Waals surface area contributed by atoms with E-state index >= 15 is 0 Å². The Morgan fingerprint density at radius 2 is 1.17 bits per heavy atom. The van der Waals surface area contributed by atoms with E-state index in [1.54, 1.807) is 45.6 Å². The van der Waals surface area contributed by atoms with Crippen LogP contribution in [0.4, 0.5) is 0 Å². The maximum absolute atomic E-state index is 12.6. The van der Waals surface area contributed by atoms with Gasteiger partial charge in [0.15, 0.2) is 0 Å². The molecular formula is C42H58N2O8S. The Morgan fingerprint density at radius 3 is 1.62 bits per heavy atom. The molecule has 7 rings (SSSR count). The molecule has 0 spiro atoms. The first-order valence-corrected chi connectivity index (χ1v) is 20.6. The van der Waals surface area contributed by atoms with Crippen LogP contribution in [0.15, 0.2) is 65.6 Å². The van der Waals surface area contributed by atoms with Crippen molar-refractivity contribution < 1.29 is 36.3 Å². The zero-order valence-electron chi connectivity index (χ0n) is 32.3. The van der Waals surface area contributed by atoms with Crippen LogP contribution in [0, 0.1) is 6.92 Å². The number of benzene rings is 3. The van der Waals surface area contributed by atoms with Gasteiger partial charge in [-0.15, -0.1) is 0 Å². The lowest BCUT2D eigenvalue weighted by Crippen LogP contribution is -2.59. The van der Waals surface area contributed by atoms with Crippen molar-refractivity contribution in [2.45, 2.75) is 101 Å². The van der Waals surface area contributed by atoms with Crippen molar-refractivity contribution >= 4 is 10.1 Å². The molecule has 2 fully saturated rings. The topological polar surface area (TPSA) is 96.0 Å². The van der Waals surface area contributed by atoms with E-state index in [1.807, 2.05) is 19.1 Å². The Morgan fingerprint density at radius 1 is 0.679 bits per heavy atom. The van der Waals surface area contributed by atoms with Crippen molar-refractivity contribution in [1.82, 2.24) is 9.80 Å². The van der Waals surface area contributed by atoms with Crippen LogP contribution in [0.25, 0.3) is 0 Å². The molecular weight excluding hydrogens is 693 g/mol.